The van der Waals surface area contributed by atoms with Gasteiger partial charge in [0, 0.05) is 6.20 Å². The highest BCUT2D eigenvalue weighted by atomic mass is 16.5. The maximum atomic E-state index is 11.6. The molecule has 6 nitrogen and oxygen atoms in total. The van der Waals surface area contributed by atoms with E-state index >= 15 is 0 Å². The summed E-state index contributed by atoms with van der Waals surface area (Å²) in [5.41, 5.74) is 1.14. The standard InChI is InChI=1S/C15H16N2O4/c1-10-16-8-13(15(18)20-3)14(17-10)21-9-11-4-6-12(19-2)7-5-11/h4-8H,9H2,1-3H3. The predicted octanol–water partition coefficient (Wildman–Crippen LogP) is 2.16. The lowest BCUT2D eigenvalue weighted by atomic mass is 10.2. The van der Waals surface area contributed by atoms with Gasteiger partial charge in [0.15, 0.2) is 0 Å². The van der Waals surface area contributed by atoms with Crippen LogP contribution < -0.4 is 9.47 Å². The van der Waals surface area contributed by atoms with Crippen molar-refractivity contribution in [2.45, 2.75) is 13.5 Å². The topological polar surface area (TPSA) is 70.5 Å². The van der Waals surface area contributed by atoms with Crippen LogP contribution in [0.25, 0.3) is 0 Å². The SMILES string of the molecule is COC(=O)c1cnc(C)nc1OCc1ccc(OC)cc1. The van der Waals surface area contributed by atoms with Crippen LogP contribution in [0.5, 0.6) is 11.6 Å². The second-order valence-electron chi connectivity index (χ2n) is 4.26. The molecule has 0 spiro atoms. The molecule has 0 amide bonds. The zero-order valence-electron chi connectivity index (χ0n) is 12.1. The van der Waals surface area contributed by atoms with E-state index in [4.69, 9.17) is 9.47 Å². The van der Waals surface area contributed by atoms with E-state index in [1.165, 1.54) is 13.3 Å². The number of hydrogen-bond acceptors (Lipinski definition) is 6. The number of hydrogen-bond donors (Lipinski definition) is 0. The Bertz CT molecular complexity index is 626. The maximum Gasteiger partial charge on any atom is 0.344 e. The van der Waals surface area contributed by atoms with E-state index in [9.17, 15) is 4.79 Å². The molecule has 0 fully saturated rings. The van der Waals surface area contributed by atoms with E-state index in [1.807, 2.05) is 24.3 Å². The number of methoxy groups -OCH3 is 2. The summed E-state index contributed by atoms with van der Waals surface area (Å²) < 4.78 is 15.4. The monoisotopic (exact) mass is 288 g/mol. The Morgan fingerprint density at radius 1 is 1.19 bits per heavy atom. The first kappa shape index (κ1) is 14.8. The van der Waals surface area contributed by atoms with Gasteiger partial charge in [-0.25, -0.2) is 9.78 Å². The first-order valence-electron chi connectivity index (χ1n) is 6.31. The fraction of sp³-hybridized carbons (Fsp3) is 0.267. The van der Waals surface area contributed by atoms with Crippen LogP contribution in [0.4, 0.5) is 0 Å². The van der Waals surface area contributed by atoms with Gasteiger partial charge in [0.25, 0.3) is 0 Å². The van der Waals surface area contributed by atoms with Gasteiger partial charge in [-0.3, -0.25) is 0 Å². The van der Waals surface area contributed by atoms with Gasteiger partial charge < -0.3 is 14.2 Å². The summed E-state index contributed by atoms with van der Waals surface area (Å²) in [5.74, 6) is 0.976. The van der Waals surface area contributed by atoms with Crippen LogP contribution >= 0.6 is 0 Å². The lowest BCUT2D eigenvalue weighted by Crippen LogP contribution is -2.09. The molecule has 0 aliphatic heterocycles. The Hall–Kier alpha value is -2.63. The van der Waals surface area contributed by atoms with Gasteiger partial charge in [0.1, 0.15) is 23.7 Å². The van der Waals surface area contributed by atoms with Gasteiger partial charge in [0.05, 0.1) is 14.2 Å². The van der Waals surface area contributed by atoms with Crippen molar-refractivity contribution in [3.05, 3.63) is 47.4 Å². The molecule has 1 heterocycles. The molecule has 2 rings (SSSR count). The van der Waals surface area contributed by atoms with Gasteiger partial charge in [-0.1, -0.05) is 12.1 Å². The third-order valence-electron chi connectivity index (χ3n) is 2.81. The largest absolute Gasteiger partial charge is 0.497 e. The van der Waals surface area contributed by atoms with Crippen LogP contribution in [0.3, 0.4) is 0 Å². The Morgan fingerprint density at radius 3 is 2.52 bits per heavy atom. The smallest absolute Gasteiger partial charge is 0.344 e. The molecular formula is C15H16N2O4. The number of carbonyl (C=O) groups excluding carboxylic acids is 1. The second-order valence-corrected chi connectivity index (χ2v) is 4.26. The van der Waals surface area contributed by atoms with Crippen molar-refractivity contribution in [3.63, 3.8) is 0 Å². The van der Waals surface area contributed by atoms with E-state index in [0.29, 0.717) is 5.82 Å². The average molecular weight is 288 g/mol. The molecule has 21 heavy (non-hydrogen) atoms. The molecule has 0 bridgehead atoms. The van der Waals surface area contributed by atoms with Gasteiger partial charge in [-0.2, -0.15) is 4.98 Å². The highest BCUT2D eigenvalue weighted by Crippen LogP contribution is 2.18. The van der Waals surface area contributed by atoms with Crippen molar-refractivity contribution in [1.29, 1.82) is 0 Å². The number of carbonyl (C=O) groups is 1. The number of ether oxygens (including phenoxy) is 3. The average Bonchev–Trinajstić information content (AvgIpc) is 2.52. The molecule has 0 radical (unpaired) electrons. The third-order valence-corrected chi connectivity index (χ3v) is 2.81. The molecule has 1 aromatic carbocycles. The molecule has 0 aliphatic carbocycles. The molecule has 0 saturated heterocycles. The van der Waals surface area contributed by atoms with Crippen LogP contribution in [-0.4, -0.2) is 30.2 Å². The molecule has 2 aromatic rings. The normalized spacial score (nSPS) is 10.0. The highest BCUT2D eigenvalue weighted by molar-refractivity contribution is 5.91. The maximum absolute atomic E-state index is 11.6. The van der Waals surface area contributed by atoms with E-state index in [-0.39, 0.29) is 18.1 Å². The molecular weight excluding hydrogens is 272 g/mol. The fourth-order valence-electron chi connectivity index (χ4n) is 1.68. The first-order valence-corrected chi connectivity index (χ1v) is 6.31. The lowest BCUT2D eigenvalue weighted by Gasteiger charge is -2.10. The van der Waals surface area contributed by atoms with E-state index < -0.39 is 5.97 Å². The summed E-state index contributed by atoms with van der Waals surface area (Å²) in [4.78, 5) is 19.8. The Kier molecular flexibility index (Phi) is 4.71. The number of aromatic nitrogens is 2. The minimum atomic E-state index is -0.528. The summed E-state index contributed by atoms with van der Waals surface area (Å²) in [6.45, 7) is 2.01. The number of nitrogens with zero attached hydrogens (tertiary/aromatic N) is 2. The van der Waals surface area contributed by atoms with Crippen molar-refractivity contribution < 1.29 is 19.0 Å². The quantitative estimate of drug-likeness (QED) is 0.785. The van der Waals surface area contributed by atoms with Gasteiger partial charge in [0.2, 0.25) is 5.88 Å². The molecule has 0 atom stereocenters. The summed E-state index contributed by atoms with van der Waals surface area (Å²) >= 11 is 0. The zero-order valence-corrected chi connectivity index (χ0v) is 12.1. The fourth-order valence-corrected chi connectivity index (χ4v) is 1.68. The van der Waals surface area contributed by atoms with Crippen molar-refractivity contribution in [2.75, 3.05) is 14.2 Å². The Balaban J connectivity index is 2.14. The van der Waals surface area contributed by atoms with E-state index in [1.54, 1.807) is 14.0 Å². The Morgan fingerprint density at radius 2 is 1.90 bits per heavy atom. The third kappa shape index (κ3) is 3.68. The van der Waals surface area contributed by atoms with E-state index in [0.717, 1.165) is 11.3 Å². The minimum Gasteiger partial charge on any atom is -0.497 e. The number of aryl methyl sites for hydroxylation is 1. The summed E-state index contributed by atoms with van der Waals surface area (Å²) in [7, 11) is 2.91. The van der Waals surface area contributed by atoms with Crippen LogP contribution in [0.2, 0.25) is 0 Å². The molecule has 6 heteroatoms. The summed E-state index contributed by atoms with van der Waals surface area (Å²) in [5, 5.41) is 0. The Labute approximate surface area is 122 Å². The van der Waals surface area contributed by atoms with Gasteiger partial charge in [-0.15, -0.1) is 0 Å². The van der Waals surface area contributed by atoms with Crippen LogP contribution in [0.15, 0.2) is 30.5 Å². The highest BCUT2D eigenvalue weighted by Gasteiger charge is 2.15. The molecule has 0 aliphatic rings. The van der Waals surface area contributed by atoms with Gasteiger partial charge in [-0.05, 0) is 24.6 Å². The molecule has 0 unspecified atom stereocenters. The predicted molar refractivity (Wildman–Crippen MR) is 75.4 cm³/mol. The van der Waals surface area contributed by atoms with Crippen LogP contribution in [-0.2, 0) is 11.3 Å². The molecule has 0 N–H and O–H groups in total. The number of rotatable bonds is 5. The van der Waals surface area contributed by atoms with Crippen LogP contribution in [0, 0.1) is 6.92 Å². The van der Waals surface area contributed by atoms with Crippen molar-refractivity contribution >= 4 is 5.97 Å². The lowest BCUT2D eigenvalue weighted by molar-refractivity contribution is 0.0593. The number of esters is 1. The molecule has 1 aromatic heterocycles. The summed E-state index contributed by atoms with van der Waals surface area (Å²) in [6.07, 6.45) is 1.40. The van der Waals surface area contributed by atoms with Crippen molar-refractivity contribution in [3.8, 4) is 11.6 Å². The van der Waals surface area contributed by atoms with Gasteiger partial charge >= 0.3 is 5.97 Å². The van der Waals surface area contributed by atoms with Crippen molar-refractivity contribution in [2.24, 2.45) is 0 Å². The molecule has 110 valence electrons. The zero-order chi connectivity index (χ0) is 15.2. The first-order chi connectivity index (χ1) is 10.1. The summed E-state index contributed by atoms with van der Waals surface area (Å²) in [6, 6.07) is 7.44. The van der Waals surface area contributed by atoms with Crippen molar-refractivity contribution in [1.82, 2.24) is 9.97 Å². The number of benzene rings is 1. The minimum absolute atomic E-state index is 0.205. The van der Waals surface area contributed by atoms with Crippen LogP contribution in [0.1, 0.15) is 21.7 Å². The van der Waals surface area contributed by atoms with E-state index in [2.05, 4.69) is 14.7 Å². The second kappa shape index (κ2) is 6.69. The molecule has 0 saturated carbocycles.